The Morgan fingerprint density at radius 1 is 1.22 bits per heavy atom. The summed E-state index contributed by atoms with van der Waals surface area (Å²) >= 11 is 0. The maximum Gasteiger partial charge on any atom is 0.0673 e. The first-order chi connectivity index (χ1) is 4.43. The highest BCUT2D eigenvalue weighted by atomic mass is 15.3. The van der Waals surface area contributed by atoms with E-state index in [1.165, 1.54) is 0 Å². The van der Waals surface area contributed by atoms with Crippen molar-refractivity contribution in [1.82, 2.24) is 0 Å². The van der Waals surface area contributed by atoms with E-state index in [0.717, 1.165) is 5.69 Å². The van der Waals surface area contributed by atoms with Crippen molar-refractivity contribution >= 4 is 12.4 Å². The van der Waals surface area contributed by atoms with Gasteiger partial charge < -0.3 is 0 Å². The normalized spacial score (nSPS) is 8.44. The Kier molecular flexibility index (Phi) is 1.85. The molecule has 0 aliphatic rings. The van der Waals surface area contributed by atoms with Crippen molar-refractivity contribution in [3.05, 3.63) is 30.3 Å². The van der Waals surface area contributed by atoms with E-state index in [0.29, 0.717) is 0 Å². The number of hydrogen-bond donors (Lipinski definition) is 1. The summed E-state index contributed by atoms with van der Waals surface area (Å²) in [6.07, 6.45) is 0. The van der Waals surface area contributed by atoms with Gasteiger partial charge in [-0.3, -0.25) is 5.43 Å². The van der Waals surface area contributed by atoms with E-state index >= 15 is 0 Å². The number of para-hydroxylation sites is 1. The summed E-state index contributed by atoms with van der Waals surface area (Å²) in [5.74, 6) is 0. The molecule has 2 heteroatoms. The number of hydrogen-bond acceptors (Lipinski definition) is 2. The third-order valence-electron chi connectivity index (χ3n) is 0.967. The van der Waals surface area contributed by atoms with Crippen LogP contribution in [0, 0.1) is 0 Å². The smallest absolute Gasteiger partial charge is 0.0673 e. The molecule has 0 bridgehead atoms. The zero-order valence-corrected chi connectivity index (χ0v) is 4.91. The van der Waals surface area contributed by atoms with E-state index in [-0.39, 0.29) is 0 Å². The number of nitrogens with one attached hydrogen (secondary N) is 1. The Hall–Kier alpha value is -1.31. The summed E-state index contributed by atoms with van der Waals surface area (Å²) < 4.78 is 0. The Morgan fingerprint density at radius 3 is 2.44 bits per heavy atom. The van der Waals surface area contributed by atoms with Gasteiger partial charge in [0.2, 0.25) is 0 Å². The van der Waals surface area contributed by atoms with Crippen LogP contribution < -0.4 is 5.43 Å². The van der Waals surface area contributed by atoms with E-state index in [1.807, 2.05) is 30.3 Å². The molecule has 0 heterocycles. The Bertz CT molecular complexity index is 181. The molecule has 0 unspecified atom stereocenters. The highest BCUT2D eigenvalue weighted by molar-refractivity contribution is 5.43. The summed E-state index contributed by atoms with van der Waals surface area (Å²) in [6, 6.07) is 9.52. The number of hydrazone groups is 1. The van der Waals surface area contributed by atoms with E-state index in [9.17, 15) is 0 Å². The Balaban J connectivity index is 2.72. The molecule has 0 atom stereocenters. The average molecular weight is 119 g/mol. The van der Waals surface area contributed by atoms with Crippen LogP contribution in [-0.2, 0) is 0 Å². The number of rotatable bonds is 2. The van der Waals surface area contributed by atoms with Gasteiger partial charge in [-0.25, -0.2) is 0 Å². The van der Waals surface area contributed by atoms with Gasteiger partial charge in [0.1, 0.15) is 0 Å². The standard InChI is InChI=1S/C7H7N2/c1-8-9-7-5-3-2-4-6-7/h1-6,9H. The molecule has 1 radical (unpaired) electrons. The molecular weight excluding hydrogens is 112 g/mol. The third kappa shape index (κ3) is 1.57. The van der Waals surface area contributed by atoms with Crippen molar-refractivity contribution in [3.63, 3.8) is 0 Å². The number of nitrogens with zero attached hydrogens (tertiary/aromatic N) is 1. The van der Waals surface area contributed by atoms with Crippen LogP contribution >= 0.6 is 0 Å². The second-order valence-electron chi connectivity index (χ2n) is 1.61. The van der Waals surface area contributed by atoms with Crippen LogP contribution in [0.3, 0.4) is 0 Å². The van der Waals surface area contributed by atoms with E-state index < -0.39 is 0 Å². The van der Waals surface area contributed by atoms with Gasteiger partial charge >= 0.3 is 0 Å². The van der Waals surface area contributed by atoms with E-state index in [1.54, 1.807) is 0 Å². The average Bonchev–Trinajstić information content (AvgIpc) is 1.91. The molecule has 2 nitrogen and oxygen atoms in total. The van der Waals surface area contributed by atoms with Gasteiger partial charge in [-0.1, -0.05) is 18.2 Å². The lowest BCUT2D eigenvalue weighted by Crippen LogP contribution is -1.83. The van der Waals surface area contributed by atoms with E-state index in [4.69, 9.17) is 6.72 Å². The second-order valence-corrected chi connectivity index (χ2v) is 1.61. The maximum atomic E-state index is 4.87. The summed E-state index contributed by atoms with van der Waals surface area (Å²) in [5.41, 5.74) is 3.51. The monoisotopic (exact) mass is 119 g/mol. The van der Waals surface area contributed by atoms with Gasteiger partial charge in [-0.2, -0.15) is 5.10 Å². The van der Waals surface area contributed by atoms with E-state index in [2.05, 4.69) is 10.5 Å². The van der Waals surface area contributed by atoms with Gasteiger partial charge in [0, 0.05) is 0 Å². The Morgan fingerprint density at radius 2 is 1.89 bits per heavy atom. The quantitative estimate of drug-likeness (QED) is 0.464. The number of anilines is 1. The highest BCUT2D eigenvalue weighted by Crippen LogP contribution is 2.03. The molecule has 0 saturated heterocycles. The molecule has 0 spiro atoms. The molecule has 0 aromatic heterocycles. The lowest BCUT2D eigenvalue weighted by Gasteiger charge is -1.94. The minimum absolute atomic E-state index is 0.903. The zero-order valence-electron chi connectivity index (χ0n) is 4.91. The lowest BCUT2D eigenvalue weighted by molar-refractivity contribution is 1.37. The first-order valence-corrected chi connectivity index (χ1v) is 2.64. The van der Waals surface area contributed by atoms with Crippen LogP contribution in [0.25, 0.3) is 0 Å². The summed E-state index contributed by atoms with van der Waals surface area (Å²) in [5, 5.41) is 3.26. The van der Waals surface area contributed by atoms with Crippen LogP contribution in [0.2, 0.25) is 0 Å². The second kappa shape index (κ2) is 2.87. The molecule has 0 fully saturated rings. The predicted molar refractivity (Wildman–Crippen MR) is 38.6 cm³/mol. The molecule has 0 aliphatic carbocycles. The van der Waals surface area contributed by atoms with Gasteiger partial charge in [-0.15, -0.1) is 0 Å². The molecule has 45 valence electrons. The van der Waals surface area contributed by atoms with Crippen molar-refractivity contribution in [3.8, 4) is 0 Å². The fraction of sp³-hybridized carbons (Fsp3) is 0. The van der Waals surface area contributed by atoms with Crippen LogP contribution in [0.15, 0.2) is 35.4 Å². The van der Waals surface area contributed by atoms with Crippen molar-refractivity contribution in [2.75, 3.05) is 5.43 Å². The van der Waals surface area contributed by atoms with Crippen molar-refractivity contribution in [1.29, 1.82) is 0 Å². The molecule has 9 heavy (non-hydrogen) atoms. The molecule has 1 rings (SSSR count). The van der Waals surface area contributed by atoms with Crippen LogP contribution in [-0.4, -0.2) is 6.72 Å². The first kappa shape index (κ1) is 5.82. The van der Waals surface area contributed by atoms with Gasteiger partial charge in [-0.05, 0) is 12.1 Å². The molecule has 1 aromatic rings. The summed E-state index contributed by atoms with van der Waals surface area (Å²) in [7, 11) is 0. The highest BCUT2D eigenvalue weighted by Gasteiger charge is 1.80. The van der Waals surface area contributed by atoms with Crippen molar-refractivity contribution < 1.29 is 0 Å². The van der Waals surface area contributed by atoms with Crippen molar-refractivity contribution in [2.24, 2.45) is 5.10 Å². The molecular formula is C7H7N2. The first-order valence-electron chi connectivity index (χ1n) is 2.64. The predicted octanol–water partition coefficient (Wildman–Crippen LogP) is 1.59. The fourth-order valence-corrected chi connectivity index (χ4v) is 0.587. The zero-order chi connectivity index (χ0) is 6.53. The molecule has 0 amide bonds. The SMILES string of the molecule is [CH]=NNc1ccccc1. The number of benzene rings is 1. The summed E-state index contributed by atoms with van der Waals surface area (Å²) in [6.45, 7) is 4.87. The molecule has 1 N–H and O–H groups in total. The van der Waals surface area contributed by atoms with Gasteiger partial charge in [0.05, 0.1) is 12.4 Å². The van der Waals surface area contributed by atoms with Gasteiger partial charge in [0.25, 0.3) is 0 Å². The third-order valence-corrected chi connectivity index (χ3v) is 0.967. The lowest BCUT2D eigenvalue weighted by atomic mass is 10.3. The minimum atomic E-state index is 0.903. The Labute approximate surface area is 54.2 Å². The minimum Gasteiger partial charge on any atom is -0.278 e. The fourth-order valence-electron chi connectivity index (χ4n) is 0.587. The van der Waals surface area contributed by atoms with Crippen LogP contribution in [0.4, 0.5) is 5.69 Å². The molecule has 0 saturated carbocycles. The van der Waals surface area contributed by atoms with Gasteiger partial charge in [0.15, 0.2) is 0 Å². The summed E-state index contributed by atoms with van der Waals surface area (Å²) in [4.78, 5) is 0. The largest absolute Gasteiger partial charge is 0.278 e. The van der Waals surface area contributed by atoms with Crippen LogP contribution in [0.1, 0.15) is 0 Å². The molecule has 1 aromatic carbocycles. The maximum absolute atomic E-state index is 4.87. The molecule has 0 aliphatic heterocycles. The van der Waals surface area contributed by atoms with Crippen LogP contribution in [0.5, 0.6) is 0 Å². The van der Waals surface area contributed by atoms with Crippen molar-refractivity contribution in [2.45, 2.75) is 0 Å². The topological polar surface area (TPSA) is 24.4 Å².